The van der Waals surface area contributed by atoms with E-state index in [1.165, 1.54) is 25.7 Å². The van der Waals surface area contributed by atoms with Crippen molar-refractivity contribution in [1.29, 1.82) is 0 Å². The molecule has 1 aromatic carbocycles. The number of ether oxygens (including phenoxy) is 1. The van der Waals surface area contributed by atoms with E-state index in [9.17, 15) is 4.79 Å². The fourth-order valence-corrected chi connectivity index (χ4v) is 3.17. The molecule has 0 aliphatic carbocycles. The summed E-state index contributed by atoms with van der Waals surface area (Å²) in [7, 11) is 0. The van der Waals surface area contributed by atoms with Crippen molar-refractivity contribution in [3.63, 3.8) is 0 Å². The van der Waals surface area contributed by atoms with Gasteiger partial charge in [-0.15, -0.1) is 0 Å². The Balaban J connectivity index is 2.18. The van der Waals surface area contributed by atoms with E-state index >= 15 is 0 Å². The first kappa shape index (κ1) is 16.3. The minimum atomic E-state index is -0.296. The first-order valence-electron chi connectivity index (χ1n) is 7.59. The highest BCUT2D eigenvalue weighted by Crippen LogP contribution is 2.27. The summed E-state index contributed by atoms with van der Waals surface area (Å²) >= 11 is 3.45. The SMILES string of the molecule is CCOC(=O)c1cc(Br)c(N)c(CN2CCCCCC2)c1. The molecule has 5 heteroatoms. The number of benzene rings is 1. The van der Waals surface area contributed by atoms with Crippen molar-refractivity contribution in [2.75, 3.05) is 25.4 Å². The Morgan fingerprint density at radius 2 is 1.95 bits per heavy atom. The van der Waals surface area contributed by atoms with E-state index in [-0.39, 0.29) is 5.97 Å². The maximum Gasteiger partial charge on any atom is 0.338 e. The number of carbonyl (C=O) groups is 1. The number of anilines is 1. The van der Waals surface area contributed by atoms with Crippen LogP contribution in [0.15, 0.2) is 16.6 Å². The molecule has 1 aromatic rings. The van der Waals surface area contributed by atoms with Crippen LogP contribution in [0.3, 0.4) is 0 Å². The van der Waals surface area contributed by atoms with Crippen molar-refractivity contribution >= 4 is 27.6 Å². The Kier molecular flexibility index (Phi) is 6.06. The van der Waals surface area contributed by atoms with Crippen molar-refractivity contribution in [2.45, 2.75) is 39.2 Å². The minimum Gasteiger partial charge on any atom is -0.462 e. The Morgan fingerprint density at radius 1 is 1.29 bits per heavy atom. The molecule has 0 unspecified atom stereocenters. The minimum absolute atomic E-state index is 0.296. The van der Waals surface area contributed by atoms with Gasteiger partial charge >= 0.3 is 5.97 Å². The van der Waals surface area contributed by atoms with Gasteiger partial charge in [-0.25, -0.2) is 4.79 Å². The molecule has 0 amide bonds. The fraction of sp³-hybridized carbons (Fsp3) is 0.562. The van der Waals surface area contributed by atoms with Crippen molar-refractivity contribution in [2.24, 2.45) is 0 Å². The van der Waals surface area contributed by atoms with E-state index in [1.54, 1.807) is 6.07 Å². The molecule has 21 heavy (non-hydrogen) atoms. The van der Waals surface area contributed by atoms with Crippen LogP contribution in [-0.4, -0.2) is 30.6 Å². The number of nitrogens with two attached hydrogens (primary N) is 1. The Morgan fingerprint density at radius 3 is 2.57 bits per heavy atom. The number of hydrogen-bond acceptors (Lipinski definition) is 4. The van der Waals surface area contributed by atoms with Gasteiger partial charge < -0.3 is 10.5 Å². The van der Waals surface area contributed by atoms with Crippen molar-refractivity contribution in [3.8, 4) is 0 Å². The van der Waals surface area contributed by atoms with Crippen molar-refractivity contribution in [3.05, 3.63) is 27.7 Å². The van der Waals surface area contributed by atoms with Gasteiger partial charge in [0, 0.05) is 11.0 Å². The number of halogens is 1. The van der Waals surface area contributed by atoms with Gasteiger partial charge in [-0.1, -0.05) is 12.8 Å². The van der Waals surface area contributed by atoms with E-state index < -0.39 is 0 Å². The number of likely N-dealkylation sites (tertiary alicyclic amines) is 1. The zero-order chi connectivity index (χ0) is 15.2. The van der Waals surface area contributed by atoms with Crippen LogP contribution >= 0.6 is 15.9 Å². The standard InChI is InChI=1S/C16H23BrN2O2/c1-2-21-16(20)12-9-13(15(18)14(17)10-12)11-19-7-5-3-4-6-8-19/h9-10H,2-8,11,18H2,1H3. The zero-order valence-electron chi connectivity index (χ0n) is 12.5. The first-order chi connectivity index (χ1) is 10.1. The normalized spacial score (nSPS) is 16.5. The van der Waals surface area contributed by atoms with Gasteiger partial charge in [0.25, 0.3) is 0 Å². The molecule has 1 aliphatic heterocycles. The number of carbonyl (C=O) groups excluding carboxylic acids is 1. The van der Waals surface area contributed by atoms with E-state index in [4.69, 9.17) is 10.5 Å². The van der Waals surface area contributed by atoms with E-state index in [2.05, 4.69) is 20.8 Å². The molecule has 2 rings (SSSR count). The summed E-state index contributed by atoms with van der Waals surface area (Å²) in [5.41, 5.74) is 8.42. The molecular formula is C16H23BrN2O2. The number of nitrogens with zero attached hydrogens (tertiary/aromatic N) is 1. The highest BCUT2D eigenvalue weighted by molar-refractivity contribution is 9.10. The third-order valence-electron chi connectivity index (χ3n) is 3.82. The molecule has 0 spiro atoms. The second kappa shape index (κ2) is 7.80. The van der Waals surface area contributed by atoms with Crippen LogP contribution in [0.25, 0.3) is 0 Å². The predicted molar refractivity (Wildman–Crippen MR) is 88.3 cm³/mol. The van der Waals surface area contributed by atoms with Crippen LogP contribution in [0.1, 0.15) is 48.5 Å². The summed E-state index contributed by atoms with van der Waals surface area (Å²) < 4.78 is 5.84. The van der Waals surface area contributed by atoms with Crippen LogP contribution in [0.2, 0.25) is 0 Å². The molecule has 0 atom stereocenters. The Bertz CT molecular complexity index is 497. The van der Waals surface area contributed by atoms with Crippen LogP contribution in [0, 0.1) is 0 Å². The lowest BCUT2D eigenvalue weighted by Crippen LogP contribution is -2.24. The summed E-state index contributed by atoms with van der Waals surface area (Å²) in [6, 6.07) is 3.60. The summed E-state index contributed by atoms with van der Waals surface area (Å²) in [5, 5.41) is 0. The molecule has 0 bridgehead atoms. The number of esters is 1. The third-order valence-corrected chi connectivity index (χ3v) is 4.48. The summed E-state index contributed by atoms with van der Waals surface area (Å²) in [6.45, 7) is 5.17. The second-order valence-electron chi connectivity index (χ2n) is 5.44. The highest BCUT2D eigenvalue weighted by atomic mass is 79.9. The molecule has 1 fully saturated rings. The number of nitrogen functional groups attached to an aromatic ring is 1. The monoisotopic (exact) mass is 354 g/mol. The molecule has 0 radical (unpaired) electrons. The average Bonchev–Trinajstić information content (AvgIpc) is 2.72. The zero-order valence-corrected chi connectivity index (χ0v) is 14.1. The molecule has 1 aliphatic rings. The largest absolute Gasteiger partial charge is 0.462 e. The van der Waals surface area contributed by atoms with E-state index in [1.807, 2.05) is 13.0 Å². The van der Waals surface area contributed by atoms with Gasteiger partial charge in [-0.05, 0) is 66.5 Å². The topological polar surface area (TPSA) is 55.6 Å². The lowest BCUT2D eigenvalue weighted by atomic mass is 10.1. The molecule has 0 saturated carbocycles. The van der Waals surface area contributed by atoms with Crippen LogP contribution in [0.4, 0.5) is 5.69 Å². The Hall–Kier alpha value is -1.07. The van der Waals surface area contributed by atoms with Gasteiger partial charge in [0.1, 0.15) is 0 Å². The molecule has 4 nitrogen and oxygen atoms in total. The molecule has 1 saturated heterocycles. The molecule has 116 valence electrons. The number of rotatable bonds is 4. The molecule has 1 heterocycles. The van der Waals surface area contributed by atoms with Gasteiger partial charge in [-0.2, -0.15) is 0 Å². The predicted octanol–water partition coefficient (Wildman–Crippen LogP) is 3.58. The van der Waals surface area contributed by atoms with Crippen molar-refractivity contribution < 1.29 is 9.53 Å². The van der Waals surface area contributed by atoms with E-state index in [0.717, 1.165) is 29.7 Å². The first-order valence-corrected chi connectivity index (χ1v) is 8.38. The van der Waals surface area contributed by atoms with Crippen molar-refractivity contribution in [1.82, 2.24) is 4.90 Å². The second-order valence-corrected chi connectivity index (χ2v) is 6.30. The van der Waals surface area contributed by atoms with Gasteiger partial charge in [-0.3, -0.25) is 4.90 Å². The Labute approximate surface area is 134 Å². The maximum atomic E-state index is 11.9. The lowest BCUT2D eigenvalue weighted by Gasteiger charge is -2.21. The average molecular weight is 355 g/mol. The lowest BCUT2D eigenvalue weighted by molar-refractivity contribution is 0.0526. The van der Waals surface area contributed by atoms with E-state index in [0.29, 0.717) is 17.9 Å². The quantitative estimate of drug-likeness (QED) is 0.663. The third kappa shape index (κ3) is 4.45. The van der Waals surface area contributed by atoms with Gasteiger partial charge in [0.15, 0.2) is 0 Å². The highest BCUT2D eigenvalue weighted by Gasteiger charge is 2.16. The van der Waals surface area contributed by atoms with Crippen LogP contribution < -0.4 is 5.73 Å². The maximum absolute atomic E-state index is 11.9. The summed E-state index contributed by atoms with van der Waals surface area (Å²) in [6.07, 6.45) is 5.08. The molecule has 2 N–H and O–H groups in total. The van der Waals surface area contributed by atoms with Gasteiger partial charge in [0.2, 0.25) is 0 Å². The van der Waals surface area contributed by atoms with Crippen LogP contribution in [0.5, 0.6) is 0 Å². The summed E-state index contributed by atoms with van der Waals surface area (Å²) in [5.74, 6) is -0.296. The molecular weight excluding hydrogens is 332 g/mol. The fourth-order valence-electron chi connectivity index (χ4n) is 2.67. The molecule has 0 aromatic heterocycles. The van der Waals surface area contributed by atoms with Crippen LogP contribution in [-0.2, 0) is 11.3 Å². The summed E-state index contributed by atoms with van der Waals surface area (Å²) in [4.78, 5) is 14.3. The smallest absolute Gasteiger partial charge is 0.338 e. The number of hydrogen-bond donors (Lipinski definition) is 1. The van der Waals surface area contributed by atoms with Gasteiger partial charge in [0.05, 0.1) is 17.9 Å².